The summed E-state index contributed by atoms with van der Waals surface area (Å²) >= 11 is 0. The Bertz CT molecular complexity index is 1750. The molecular formula is C34H19F9O. The van der Waals surface area contributed by atoms with Gasteiger partial charge in [0.05, 0.1) is 11.1 Å². The summed E-state index contributed by atoms with van der Waals surface area (Å²) in [6.07, 6.45) is -5.82. The zero-order valence-electron chi connectivity index (χ0n) is 22.4. The molecule has 0 spiro atoms. The van der Waals surface area contributed by atoms with E-state index >= 15 is 0 Å². The summed E-state index contributed by atoms with van der Waals surface area (Å²) in [4.78, 5) is 0. The van der Waals surface area contributed by atoms with E-state index < -0.39 is 63.6 Å². The van der Waals surface area contributed by atoms with Gasteiger partial charge in [-0.2, -0.15) is 22.0 Å². The number of aryl methyl sites for hydroxylation is 1. The Hall–Kier alpha value is -5.09. The second-order valence-electron chi connectivity index (χ2n) is 9.30. The Kier molecular flexibility index (Phi) is 9.44. The molecule has 0 aliphatic rings. The first kappa shape index (κ1) is 31.8. The Morgan fingerprint density at radius 3 is 1.64 bits per heavy atom. The lowest BCUT2D eigenvalue weighted by molar-refractivity contribution is -0.185. The van der Waals surface area contributed by atoms with Crippen molar-refractivity contribution in [3.8, 4) is 29.4 Å². The van der Waals surface area contributed by atoms with Crippen molar-refractivity contribution in [2.45, 2.75) is 25.1 Å². The molecule has 224 valence electrons. The van der Waals surface area contributed by atoms with Crippen LogP contribution in [0.3, 0.4) is 0 Å². The molecule has 0 amide bonds. The summed E-state index contributed by atoms with van der Waals surface area (Å²) in [5.41, 5.74) is -2.15. The Balaban J connectivity index is 1.47. The maximum absolute atomic E-state index is 14.8. The van der Waals surface area contributed by atoms with Gasteiger partial charge in [-0.1, -0.05) is 41.9 Å². The van der Waals surface area contributed by atoms with Gasteiger partial charge in [0.1, 0.15) is 34.6 Å². The van der Waals surface area contributed by atoms with E-state index in [9.17, 15) is 39.5 Å². The fourth-order valence-electron chi connectivity index (χ4n) is 3.90. The molecule has 0 atom stereocenters. The topological polar surface area (TPSA) is 9.23 Å². The number of benzene rings is 4. The molecule has 4 aromatic carbocycles. The second-order valence-corrected chi connectivity index (χ2v) is 9.30. The normalized spacial score (nSPS) is 11.2. The van der Waals surface area contributed by atoms with Gasteiger partial charge in [0.2, 0.25) is 0 Å². The largest absolute Gasteiger partial charge is 0.429 e. The number of ether oxygens (including phenoxy) is 1. The summed E-state index contributed by atoms with van der Waals surface area (Å²) in [6.45, 7) is 3.68. The quantitative estimate of drug-likeness (QED) is 0.120. The van der Waals surface area contributed by atoms with Gasteiger partial charge in [-0.25, -0.2) is 17.6 Å². The van der Waals surface area contributed by atoms with Crippen LogP contribution in [0.15, 0.2) is 85.5 Å². The van der Waals surface area contributed by atoms with Gasteiger partial charge >= 0.3 is 12.3 Å². The molecule has 0 radical (unpaired) electrons. The fraction of sp³-hybridized carbons (Fsp3) is 0.118. The molecule has 0 heterocycles. The van der Waals surface area contributed by atoms with Crippen molar-refractivity contribution >= 4 is 0 Å². The molecule has 0 unspecified atom stereocenters. The summed E-state index contributed by atoms with van der Waals surface area (Å²) in [6, 6.07) is 13.6. The Morgan fingerprint density at radius 1 is 0.636 bits per heavy atom. The average Bonchev–Trinajstić information content (AvgIpc) is 2.94. The second kappa shape index (κ2) is 13.0. The number of alkyl halides is 5. The molecule has 4 aromatic rings. The zero-order chi connectivity index (χ0) is 32.1. The third kappa shape index (κ3) is 7.84. The van der Waals surface area contributed by atoms with E-state index in [-0.39, 0.29) is 12.1 Å². The predicted molar refractivity (Wildman–Crippen MR) is 146 cm³/mol. The first-order valence-electron chi connectivity index (χ1n) is 12.7. The van der Waals surface area contributed by atoms with Crippen LogP contribution in [-0.4, -0.2) is 0 Å². The van der Waals surface area contributed by atoms with Gasteiger partial charge in [-0.05, 0) is 66.9 Å². The molecule has 0 aliphatic carbocycles. The van der Waals surface area contributed by atoms with E-state index in [2.05, 4.69) is 23.2 Å². The minimum Gasteiger partial charge on any atom is -0.429 e. The molecule has 44 heavy (non-hydrogen) atoms. The highest BCUT2D eigenvalue weighted by Gasteiger charge is 2.38. The monoisotopic (exact) mass is 614 g/mol. The molecule has 0 aliphatic heterocycles. The highest BCUT2D eigenvalue weighted by Crippen LogP contribution is 2.35. The van der Waals surface area contributed by atoms with Gasteiger partial charge in [0.25, 0.3) is 0 Å². The summed E-state index contributed by atoms with van der Waals surface area (Å²) in [5, 5.41) is 0. The van der Waals surface area contributed by atoms with Crippen LogP contribution in [0.1, 0.15) is 45.4 Å². The first-order chi connectivity index (χ1) is 20.8. The number of allylic oxidation sites excluding steroid dienone is 1. The lowest BCUT2D eigenvalue weighted by Gasteiger charge is -2.18. The van der Waals surface area contributed by atoms with Crippen molar-refractivity contribution in [2.75, 3.05) is 0 Å². The molecule has 0 fully saturated rings. The summed E-state index contributed by atoms with van der Waals surface area (Å²) < 4.78 is 129. The Labute approximate surface area is 246 Å². The molecule has 0 aromatic heterocycles. The summed E-state index contributed by atoms with van der Waals surface area (Å²) in [5.74, 6) is 1.86. The van der Waals surface area contributed by atoms with Crippen LogP contribution in [0.4, 0.5) is 39.5 Å². The molecular weight excluding hydrogens is 595 g/mol. The summed E-state index contributed by atoms with van der Waals surface area (Å²) in [7, 11) is 0. The van der Waals surface area contributed by atoms with Gasteiger partial charge < -0.3 is 4.74 Å². The van der Waals surface area contributed by atoms with Crippen LogP contribution in [0.5, 0.6) is 5.75 Å². The molecule has 4 rings (SSSR count). The van der Waals surface area contributed by atoms with Crippen LogP contribution in [0.25, 0.3) is 0 Å². The SMILES string of the molecule is C=CCCc1ccc(C#Cc2ccc(C(F)(F)Oc3cc(F)c(C#Cc4cc(F)c(C(F)(F)F)c(F)c4)c(F)c3)cc2)cc1. The van der Waals surface area contributed by atoms with Crippen LogP contribution in [0, 0.1) is 47.0 Å². The molecule has 10 heteroatoms. The van der Waals surface area contributed by atoms with E-state index in [0.717, 1.165) is 36.1 Å². The van der Waals surface area contributed by atoms with Gasteiger partial charge in [-0.15, -0.1) is 6.58 Å². The molecule has 0 saturated carbocycles. The van der Waals surface area contributed by atoms with E-state index in [4.69, 9.17) is 0 Å². The van der Waals surface area contributed by atoms with E-state index in [1.165, 1.54) is 12.1 Å². The maximum Gasteiger partial charge on any atom is 0.426 e. The first-order valence-corrected chi connectivity index (χ1v) is 12.7. The maximum atomic E-state index is 14.8. The minimum absolute atomic E-state index is 0.243. The van der Waals surface area contributed by atoms with Crippen molar-refractivity contribution in [3.05, 3.63) is 148 Å². The molecule has 0 saturated heterocycles. The van der Waals surface area contributed by atoms with Crippen molar-refractivity contribution in [2.24, 2.45) is 0 Å². The van der Waals surface area contributed by atoms with Crippen LogP contribution >= 0.6 is 0 Å². The third-order valence-electron chi connectivity index (χ3n) is 6.08. The number of hydrogen-bond acceptors (Lipinski definition) is 1. The molecule has 0 N–H and O–H groups in total. The van der Waals surface area contributed by atoms with Crippen molar-refractivity contribution < 1.29 is 44.3 Å². The van der Waals surface area contributed by atoms with Crippen LogP contribution in [0.2, 0.25) is 0 Å². The molecule has 0 bridgehead atoms. The highest BCUT2D eigenvalue weighted by molar-refractivity contribution is 5.48. The smallest absolute Gasteiger partial charge is 0.426 e. The van der Waals surface area contributed by atoms with E-state index in [0.29, 0.717) is 17.7 Å². The van der Waals surface area contributed by atoms with Gasteiger partial charge in [0, 0.05) is 28.8 Å². The average molecular weight is 615 g/mol. The lowest BCUT2D eigenvalue weighted by atomic mass is 10.1. The Morgan fingerprint density at radius 2 is 1.14 bits per heavy atom. The zero-order valence-corrected chi connectivity index (χ0v) is 22.4. The number of rotatable bonds is 6. The van der Waals surface area contributed by atoms with Crippen molar-refractivity contribution in [1.29, 1.82) is 0 Å². The van der Waals surface area contributed by atoms with Crippen molar-refractivity contribution in [3.63, 3.8) is 0 Å². The van der Waals surface area contributed by atoms with E-state index in [1.807, 2.05) is 42.2 Å². The van der Waals surface area contributed by atoms with Gasteiger partial charge in [-0.3, -0.25) is 0 Å². The standard InChI is InChI=1S/C34H19F9O/c1-2-3-4-21-5-7-22(8-6-21)9-10-23-11-14-25(15-12-23)34(42,43)44-26-19-28(35)27(29(36)20-26)16-13-24-17-30(37)32(31(38)18-24)33(39,40)41/h2,5-8,11-12,14-15,17-20H,1,3-4H2. The third-order valence-corrected chi connectivity index (χ3v) is 6.08. The fourth-order valence-corrected chi connectivity index (χ4v) is 3.90. The molecule has 1 nitrogen and oxygen atoms in total. The number of hydrogen-bond donors (Lipinski definition) is 0. The predicted octanol–water partition coefficient (Wildman–Crippen LogP) is 9.31. The van der Waals surface area contributed by atoms with Crippen molar-refractivity contribution in [1.82, 2.24) is 0 Å². The lowest BCUT2D eigenvalue weighted by Crippen LogP contribution is -2.22. The minimum atomic E-state index is -5.31. The van der Waals surface area contributed by atoms with E-state index in [1.54, 1.807) is 0 Å². The van der Waals surface area contributed by atoms with Gasteiger partial charge in [0.15, 0.2) is 0 Å². The van der Waals surface area contributed by atoms with Crippen LogP contribution < -0.4 is 4.74 Å². The number of halogens is 9. The highest BCUT2D eigenvalue weighted by atomic mass is 19.4. The van der Waals surface area contributed by atoms with Crippen LogP contribution in [-0.2, 0) is 18.7 Å².